The molecule has 0 bridgehead atoms. The number of hydrogen-bond acceptors (Lipinski definition) is 7. The van der Waals surface area contributed by atoms with Crippen molar-refractivity contribution in [1.29, 1.82) is 0 Å². The third-order valence-corrected chi connectivity index (χ3v) is 8.13. The molecule has 0 aromatic heterocycles. The number of likely N-dealkylation sites (tertiary alicyclic amines) is 1. The van der Waals surface area contributed by atoms with Gasteiger partial charge in [0, 0.05) is 44.3 Å². The van der Waals surface area contributed by atoms with E-state index >= 15 is 0 Å². The molecular weight excluding hydrogens is 524 g/mol. The van der Waals surface area contributed by atoms with Crippen molar-refractivity contribution in [1.82, 2.24) is 10.2 Å². The monoisotopic (exact) mass is 572 g/mol. The van der Waals surface area contributed by atoms with Crippen LogP contribution in [-0.2, 0) is 30.3 Å². The zero-order valence-electron chi connectivity index (χ0n) is 25.7. The Balaban J connectivity index is 1.81. The topological polar surface area (TPSA) is 103 Å². The molecule has 0 spiro atoms. The second kappa shape index (κ2) is 14.7. The van der Waals surface area contributed by atoms with Gasteiger partial charge in [0.25, 0.3) is 0 Å². The molecule has 228 valence electrons. The number of ether oxygens (including phenoxy) is 4. The van der Waals surface area contributed by atoms with Crippen molar-refractivity contribution in [2.75, 3.05) is 47.6 Å². The van der Waals surface area contributed by atoms with E-state index < -0.39 is 11.3 Å². The minimum atomic E-state index is -0.986. The van der Waals surface area contributed by atoms with Crippen molar-refractivity contribution in [2.45, 2.75) is 72.1 Å². The zero-order valence-corrected chi connectivity index (χ0v) is 25.7. The van der Waals surface area contributed by atoms with Gasteiger partial charge < -0.3 is 29.2 Å². The van der Waals surface area contributed by atoms with E-state index in [9.17, 15) is 14.4 Å². The average Bonchev–Trinajstić information content (AvgIpc) is 2.95. The quantitative estimate of drug-likeness (QED) is 0.241. The molecule has 1 heterocycles. The number of unbranched alkanes of at least 4 members (excludes halogenated alkanes) is 1. The van der Waals surface area contributed by atoms with Gasteiger partial charge in [0.15, 0.2) is 11.5 Å². The Morgan fingerprint density at radius 1 is 1.07 bits per heavy atom. The van der Waals surface area contributed by atoms with Crippen LogP contribution in [0.25, 0.3) is 0 Å². The minimum absolute atomic E-state index is 0.0227. The Morgan fingerprint density at radius 2 is 1.80 bits per heavy atom. The third kappa shape index (κ3) is 8.03. The van der Waals surface area contributed by atoms with Crippen LogP contribution < -0.4 is 14.8 Å². The fourth-order valence-corrected chi connectivity index (χ4v) is 6.11. The third-order valence-electron chi connectivity index (χ3n) is 8.13. The fourth-order valence-electron chi connectivity index (χ4n) is 6.11. The molecule has 1 saturated heterocycles. The summed E-state index contributed by atoms with van der Waals surface area (Å²) in [5.41, 5.74) is 0.532. The summed E-state index contributed by atoms with van der Waals surface area (Å²) in [6, 6.07) is 5.68. The first-order chi connectivity index (χ1) is 19.6. The summed E-state index contributed by atoms with van der Waals surface area (Å²) in [7, 11) is 4.57. The number of carbonyl (C=O) groups is 3. The zero-order chi connectivity index (χ0) is 30.0. The number of nitrogens with one attached hydrogen (secondary N) is 1. The largest absolute Gasteiger partial charge is 0.493 e. The van der Waals surface area contributed by atoms with Crippen molar-refractivity contribution in [3.05, 3.63) is 35.5 Å². The van der Waals surface area contributed by atoms with E-state index in [-0.39, 0.29) is 36.0 Å². The van der Waals surface area contributed by atoms with Crippen molar-refractivity contribution in [3.8, 4) is 11.5 Å². The molecule has 9 heteroatoms. The standard InChI is InChI=1S/C32H48N2O7/c1-7-8-17-41-18-9-15-33-28(35)20-24-21-32(30(37)40-6)22-31(2,3)14-12-27(32)34(29(24)36)16-13-23-10-11-25(38-4)26(19-23)39-5/h10-12,19,24H,7-9,13-18,20-22H2,1-6H3,(H,33,35)/t24-,32-/m1/s1. The first kappa shape index (κ1) is 32.4. The number of piperidine rings is 1. The van der Waals surface area contributed by atoms with Crippen LogP contribution in [0.4, 0.5) is 0 Å². The first-order valence-corrected chi connectivity index (χ1v) is 14.8. The molecule has 1 fully saturated rings. The molecule has 3 rings (SSSR count). The van der Waals surface area contributed by atoms with Gasteiger partial charge in [-0.1, -0.05) is 39.3 Å². The lowest BCUT2D eigenvalue weighted by molar-refractivity contribution is -0.162. The predicted octanol–water partition coefficient (Wildman–Crippen LogP) is 4.67. The van der Waals surface area contributed by atoms with E-state index in [2.05, 4.69) is 26.1 Å². The molecule has 9 nitrogen and oxygen atoms in total. The number of fused-ring (bicyclic) bond motifs is 1. The van der Waals surface area contributed by atoms with Gasteiger partial charge in [0.05, 0.1) is 21.3 Å². The van der Waals surface area contributed by atoms with Gasteiger partial charge in [-0.3, -0.25) is 14.4 Å². The van der Waals surface area contributed by atoms with E-state index in [0.29, 0.717) is 56.2 Å². The lowest BCUT2D eigenvalue weighted by atomic mass is 9.59. The SMILES string of the molecule is CCCCOCCCNC(=O)C[C@@H]1C[C@@]2(C(=O)OC)CC(C)(C)CC=C2N(CCc2ccc(OC)c(OC)c2)C1=O. The fraction of sp³-hybridized carbons (Fsp3) is 0.656. The lowest BCUT2D eigenvalue weighted by Gasteiger charge is -2.51. The summed E-state index contributed by atoms with van der Waals surface area (Å²) in [5, 5.41) is 2.94. The van der Waals surface area contributed by atoms with Crippen molar-refractivity contribution in [2.24, 2.45) is 16.7 Å². The number of esters is 1. The van der Waals surface area contributed by atoms with Crippen LogP contribution in [0.15, 0.2) is 30.0 Å². The summed E-state index contributed by atoms with van der Waals surface area (Å²) in [5.74, 6) is -0.0666. The molecule has 2 aliphatic rings. The molecule has 0 radical (unpaired) electrons. The number of methoxy groups -OCH3 is 3. The summed E-state index contributed by atoms with van der Waals surface area (Å²) in [6.07, 6.45) is 6.95. The Kier molecular flexibility index (Phi) is 11.6. The second-order valence-electron chi connectivity index (χ2n) is 11.9. The highest BCUT2D eigenvalue weighted by Crippen LogP contribution is 2.54. The molecule has 41 heavy (non-hydrogen) atoms. The van der Waals surface area contributed by atoms with E-state index in [0.717, 1.165) is 31.4 Å². The lowest BCUT2D eigenvalue weighted by Crippen LogP contribution is -2.56. The van der Waals surface area contributed by atoms with Crippen molar-refractivity contribution < 1.29 is 33.3 Å². The van der Waals surface area contributed by atoms with Crippen LogP contribution in [0.2, 0.25) is 0 Å². The van der Waals surface area contributed by atoms with Gasteiger partial charge in [-0.25, -0.2) is 0 Å². The maximum atomic E-state index is 13.9. The molecule has 1 aromatic rings. The highest BCUT2D eigenvalue weighted by Gasteiger charge is 2.57. The van der Waals surface area contributed by atoms with Crippen LogP contribution in [0.1, 0.15) is 71.3 Å². The van der Waals surface area contributed by atoms with Crippen LogP contribution in [0.5, 0.6) is 11.5 Å². The molecule has 1 N–H and O–H groups in total. The number of nitrogens with zero attached hydrogens (tertiary/aromatic N) is 1. The number of amides is 2. The Bertz CT molecular complexity index is 1100. The van der Waals surface area contributed by atoms with Gasteiger partial charge in [-0.15, -0.1) is 0 Å². The average molecular weight is 573 g/mol. The molecule has 0 saturated carbocycles. The molecular formula is C32H48N2O7. The summed E-state index contributed by atoms with van der Waals surface area (Å²) >= 11 is 0. The molecule has 1 aromatic carbocycles. The molecule has 1 aliphatic heterocycles. The highest BCUT2D eigenvalue weighted by molar-refractivity contribution is 5.92. The summed E-state index contributed by atoms with van der Waals surface area (Å²) < 4.78 is 21.7. The van der Waals surface area contributed by atoms with Gasteiger partial charge >= 0.3 is 5.97 Å². The van der Waals surface area contributed by atoms with Crippen LogP contribution in [0.3, 0.4) is 0 Å². The van der Waals surface area contributed by atoms with Crippen LogP contribution >= 0.6 is 0 Å². The van der Waals surface area contributed by atoms with Gasteiger partial charge in [-0.2, -0.15) is 0 Å². The summed E-state index contributed by atoms with van der Waals surface area (Å²) in [6.45, 7) is 8.52. The number of hydrogen-bond donors (Lipinski definition) is 1. The number of allylic oxidation sites excluding steroid dienone is 1. The molecule has 2 atom stereocenters. The smallest absolute Gasteiger partial charge is 0.317 e. The van der Waals surface area contributed by atoms with Crippen LogP contribution in [0, 0.1) is 16.7 Å². The van der Waals surface area contributed by atoms with Gasteiger partial charge in [-0.05, 0) is 61.6 Å². The molecule has 0 unspecified atom stereocenters. The van der Waals surface area contributed by atoms with E-state index in [1.165, 1.54) is 7.11 Å². The Morgan fingerprint density at radius 3 is 2.49 bits per heavy atom. The van der Waals surface area contributed by atoms with Gasteiger partial charge in [0.2, 0.25) is 11.8 Å². The molecule has 2 amide bonds. The van der Waals surface area contributed by atoms with Gasteiger partial charge in [0.1, 0.15) is 5.41 Å². The van der Waals surface area contributed by atoms with Crippen molar-refractivity contribution >= 4 is 17.8 Å². The minimum Gasteiger partial charge on any atom is -0.493 e. The van der Waals surface area contributed by atoms with E-state index in [1.54, 1.807) is 19.1 Å². The van der Waals surface area contributed by atoms with E-state index in [4.69, 9.17) is 18.9 Å². The number of benzene rings is 1. The van der Waals surface area contributed by atoms with Crippen molar-refractivity contribution in [3.63, 3.8) is 0 Å². The Hall–Kier alpha value is -3.07. The summed E-state index contributed by atoms with van der Waals surface area (Å²) in [4.78, 5) is 42.1. The number of carbonyl (C=O) groups excluding carboxylic acids is 3. The van der Waals surface area contributed by atoms with E-state index in [1.807, 2.05) is 24.3 Å². The molecule has 1 aliphatic carbocycles. The Labute approximate surface area is 244 Å². The maximum absolute atomic E-state index is 13.9. The first-order valence-electron chi connectivity index (χ1n) is 14.8. The predicted molar refractivity (Wildman–Crippen MR) is 157 cm³/mol. The highest BCUT2D eigenvalue weighted by atomic mass is 16.5. The maximum Gasteiger partial charge on any atom is 0.317 e. The number of rotatable bonds is 15. The van der Waals surface area contributed by atoms with Crippen LogP contribution in [-0.4, -0.2) is 70.3 Å². The normalized spacial score (nSPS) is 21.5. The second-order valence-corrected chi connectivity index (χ2v) is 11.9.